The third-order valence-corrected chi connectivity index (χ3v) is 6.28. The molecule has 0 aliphatic carbocycles. The van der Waals surface area contributed by atoms with E-state index in [0.717, 1.165) is 16.3 Å². The van der Waals surface area contributed by atoms with Gasteiger partial charge in [-0.25, -0.2) is 0 Å². The molecule has 1 aliphatic rings. The third-order valence-electron chi connectivity index (χ3n) is 5.14. The van der Waals surface area contributed by atoms with E-state index in [1.54, 1.807) is 11.3 Å². The monoisotopic (exact) mass is 376 g/mol. The summed E-state index contributed by atoms with van der Waals surface area (Å²) < 4.78 is 7.71. The SMILES string of the molecule is O=C(c1cc2c3ccccc3n(Cc3ccccc3)c2s1)N1CCOCC1. The minimum atomic E-state index is 0.120. The molecule has 0 spiro atoms. The summed E-state index contributed by atoms with van der Waals surface area (Å²) in [6.45, 7) is 3.40. The first kappa shape index (κ1) is 16.5. The van der Waals surface area contributed by atoms with Crippen LogP contribution in [0.1, 0.15) is 15.2 Å². The first-order valence-corrected chi connectivity index (χ1v) is 10.0. The predicted octanol–water partition coefficient (Wildman–Crippen LogP) is 4.38. The highest BCUT2D eigenvalue weighted by atomic mass is 32.1. The van der Waals surface area contributed by atoms with Gasteiger partial charge < -0.3 is 14.2 Å². The van der Waals surface area contributed by atoms with Gasteiger partial charge in [-0.2, -0.15) is 0 Å². The number of thiophene rings is 1. The van der Waals surface area contributed by atoms with Crippen LogP contribution >= 0.6 is 11.3 Å². The Morgan fingerprint density at radius 1 is 0.963 bits per heavy atom. The Morgan fingerprint density at radius 3 is 2.52 bits per heavy atom. The minimum absolute atomic E-state index is 0.120. The van der Waals surface area contributed by atoms with Gasteiger partial charge in [0.1, 0.15) is 4.83 Å². The van der Waals surface area contributed by atoms with Crippen molar-refractivity contribution in [2.75, 3.05) is 26.3 Å². The molecule has 0 N–H and O–H groups in total. The number of carbonyl (C=O) groups is 1. The molecule has 5 rings (SSSR count). The van der Waals surface area contributed by atoms with Crippen LogP contribution in [0.25, 0.3) is 21.1 Å². The van der Waals surface area contributed by atoms with Crippen molar-refractivity contribution >= 4 is 38.4 Å². The summed E-state index contributed by atoms with van der Waals surface area (Å²) in [5.74, 6) is 0.120. The van der Waals surface area contributed by atoms with Crippen LogP contribution in [0.15, 0.2) is 60.7 Å². The van der Waals surface area contributed by atoms with Gasteiger partial charge in [0.05, 0.1) is 23.6 Å². The Bertz CT molecular complexity index is 1110. The molecule has 4 aromatic rings. The fourth-order valence-corrected chi connectivity index (χ4v) is 4.93. The minimum Gasteiger partial charge on any atom is -0.378 e. The number of para-hydroxylation sites is 1. The van der Waals surface area contributed by atoms with Crippen LogP contribution < -0.4 is 0 Å². The van der Waals surface area contributed by atoms with E-state index in [0.29, 0.717) is 26.3 Å². The average Bonchev–Trinajstić information content (AvgIpc) is 3.28. The van der Waals surface area contributed by atoms with Crippen molar-refractivity contribution in [2.45, 2.75) is 6.54 Å². The van der Waals surface area contributed by atoms with Gasteiger partial charge in [0, 0.05) is 30.4 Å². The molecule has 0 unspecified atom stereocenters. The second-order valence-corrected chi connectivity index (χ2v) is 7.85. The van der Waals surface area contributed by atoms with Crippen molar-refractivity contribution in [3.63, 3.8) is 0 Å². The lowest BCUT2D eigenvalue weighted by Crippen LogP contribution is -2.40. The normalized spacial score (nSPS) is 14.9. The van der Waals surface area contributed by atoms with Gasteiger partial charge in [-0.15, -0.1) is 11.3 Å². The van der Waals surface area contributed by atoms with Crippen molar-refractivity contribution in [2.24, 2.45) is 0 Å². The number of morpholine rings is 1. The topological polar surface area (TPSA) is 34.5 Å². The standard InChI is InChI=1S/C22H20N2O2S/c25-21(23-10-12-26-13-11-23)20-14-18-17-8-4-5-9-19(17)24(22(18)27-20)15-16-6-2-1-3-7-16/h1-9,14H,10-13,15H2. The molecule has 1 amide bonds. The van der Waals surface area contributed by atoms with E-state index in [-0.39, 0.29) is 5.91 Å². The number of hydrogen-bond donors (Lipinski definition) is 0. The molecule has 3 heterocycles. The molecule has 1 aliphatic heterocycles. The van der Waals surface area contributed by atoms with E-state index < -0.39 is 0 Å². The van der Waals surface area contributed by atoms with Gasteiger partial charge in [0.15, 0.2) is 0 Å². The smallest absolute Gasteiger partial charge is 0.264 e. The summed E-state index contributed by atoms with van der Waals surface area (Å²) in [6, 6.07) is 21.0. The summed E-state index contributed by atoms with van der Waals surface area (Å²) in [5.41, 5.74) is 2.47. The van der Waals surface area contributed by atoms with E-state index >= 15 is 0 Å². The van der Waals surface area contributed by atoms with E-state index in [2.05, 4.69) is 59.2 Å². The van der Waals surface area contributed by atoms with Gasteiger partial charge in [-0.05, 0) is 17.7 Å². The summed E-state index contributed by atoms with van der Waals surface area (Å²) in [7, 11) is 0. The Labute approximate surface area is 161 Å². The lowest BCUT2D eigenvalue weighted by Gasteiger charge is -2.26. The number of rotatable bonds is 3. The second kappa shape index (κ2) is 6.83. The maximum absolute atomic E-state index is 12.9. The van der Waals surface area contributed by atoms with Crippen LogP contribution in [-0.4, -0.2) is 41.7 Å². The van der Waals surface area contributed by atoms with E-state index in [1.165, 1.54) is 21.9 Å². The summed E-state index contributed by atoms with van der Waals surface area (Å²) >= 11 is 1.60. The number of aromatic nitrogens is 1. The number of fused-ring (bicyclic) bond motifs is 3. The molecule has 1 saturated heterocycles. The molecule has 0 atom stereocenters. The molecule has 5 heteroatoms. The Morgan fingerprint density at radius 2 is 1.70 bits per heavy atom. The number of ether oxygens (including phenoxy) is 1. The summed E-state index contributed by atoms with van der Waals surface area (Å²) in [4.78, 5) is 16.8. The van der Waals surface area contributed by atoms with Gasteiger partial charge in [0.2, 0.25) is 0 Å². The number of carbonyl (C=O) groups excluding carboxylic acids is 1. The van der Waals surface area contributed by atoms with Crippen molar-refractivity contribution in [1.82, 2.24) is 9.47 Å². The molecule has 0 saturated carbocycles. The molecule has 2 aromatic heterocycles. The quantitative estimate of drug-likeness (QED) is 0.532. The molecular weight excluding hydrogens is 356 g/mol. The zero-order valence-electron chi connectivity index (χ0n) is 14.9. The van der Waals surface area contributed by atoms with Crippen molar-refractivity contribution in [3.8, 4) is 0 Å². The summed E-state index contributed by atoms with van der Waals surface area (Å²) in [6.07, 6.45) is 0. The fourth-order valence-electron chi connectivity index (χ4n) is 3.77. The van der Waals surface area contributed by atoms with Gasteiger partial charge in [-0.1, -0.05) is 48.5 Å². The van der Waals surface area contributed by atoms with Gasteiger partial charge >= 0.3 is 0 Å². The Balaban J connectivity index is 1.61. The molecule has 0 bridgehead atoms. The predicted molar refractivity (Wildman–Crippen MR) is 110 cm³/mol. The third kappa shape index (κ3) is 2.93. The van der Waals surface area contributed by atoms with E-state index in [1.807, 2.05) is 11.0 Å². The molecule has 27 heavy (non-hydrogen) atoms. The lowest BCUT2D eigenvalue weighted by atomic mass is 10.2. The molecule has 0 radical (unpaired) electrons. The zero-order valence-corrected chi connectivity index (χ0v) is 15.7. The number of hydrogen-bond acceptors (Lipinski definition) is 3. The van der Waals surface area contributed by atoms with Crippen molar-refractivity contribution in [1.29, 1.82) is 0 Å². The van der Waals surface area contributed by atoms with Crippen LogP contribution in [0, 0.1) is 0 Å². The Hall–Kier alpha value is -2.63. The zero-order chi connectivity index (χ0) is 18.2. The van der Waals surface area contributed by atoms with Crippen LogP contribution in [-0.2, 0) is 11.3 Å². The first-order valence-electron chi connectivity index (χ1n) is 9.23. The average molecular weight is 376 g/mol. The van der Waals surface area contributed by atoms with Crippen LogP contribution in [0.3, 0.4) is 0 Å². The number of benzene rings is 2. The van der Waals surface area contributed by atoms with Crippen molar-refractivity contribution < 1.29 is 9.53 Å². The van der Waals surface area contributed by atoms with Crippen molar-refractivity contribution in [3.05, 3.63) is 71.1 Å². The maximum atomic E-state index is 12.9. The van der Waals surface area contributed by atoms with E-state index in [4.69, 9.17) is 4.74 Å². The van der Waals surface area contributed by atoms with Gasteiger partial charge in [-0.3, -0.25) is 4.79 Å². The number of nitrogens with zero attached hydrogens (tertiary/aromatic N) is 2. The Kier molecular flexibility index (Phi) is 4.19. The second-order valence-electron chi connectivity index (χ2n) is 6.82. The highest BCUT2D eigenvalue weighted by molar-refractivity contribution is 7.20. The van der Waals surface area contributed by atoms with E-state index in [9.17, 15) is 4.79 Å². The van der Waals surface area contributed by atoms with Gasteiger partial charge in [0.25, 0.3) is 5.91 Å². The molecular formula is C22H20N2O2S. The molecule has 136 valence electrons. The lowest BCUT2D eigenvalue weighted by molar-refractivity contribution is 0.0306. The molecule has 1 fully saturated rings. The van der Waals surface area contributed by atoms with Crippen LogP contribution in [0.2, 0.25) is 0 Å². The van der Waals surface area contributed by atoms with Crippen LogP contribution in [0.5, 0.6) is 0 Å². The molecule has 2 aromatic carbocycles. The fraction of sp³-hybridized carbons (Fsp3) is 0.227. The maximum Gasteiger partial charge on any atom is 0.264 e. The molecule has 4 nitrogen and oxygen atoms in total. The highest BCUT2D eigenvalue weighted by Crippen LogP contribution is 2.36. The highest BCUT2D eigenvalue weighted by Gasteiger charge is 2.23. The van der Waals surface area contributed by atoms with Crippen LogP contribution in [0.4, 0.5) is 0 Å². The largest absolute Gasteiger partial charge is 0.378 e. The summed E-state index contributed by atoms with van der Waals surface area (Å²) in [5, 5.41) is 2.38. The first-order chi connectivity index (χ1) is 13.3. The number of amides is 1.